The lowest BCUT2D eigenvalue weighted by Crippen LogP contribution is -2.50. The van der Waals surface area contributed by atoms with Gasteiger partial charge in [0, 0.05) is 5.41 Å². The van der Waals surface area contributed by atoms with Crippen LogP contribution in [0, 0.1) is 0 Å². The third kappa shape index (κ3) is 16.3. The van der Waals surface area contributed by atoms with Crippen LogP contribution in [0.3, 0.4) is 0 Å². The zero-order valence-corrected chi connectivity index (χ0v) is 16.7. The van der Waals surface area contributed by atoms with Gasteiger partial charge in [0.25, 0.3) is 0 Å². The molecule has 0 radical (unpaired) electrons. The SMILES string of the molecule is C=CS(=O)(=O)[O-].CCCC[N+](CCCC)(CCCC)CCCC. The molecule has 0 amide bonds. The van der Waals surface area contributed by atoms with Gasteiger partial charge >= 0.3 is 0 Å². The van der Waals surface area contributed by atoms with E-state index < -0.39 is 10.1 Å². The maximum Gasteiger partial charge on any atom is 0.116 e. The predicted molar refractivity (Wildman–Crippen MR) is 99.3 cm³/mol. The van der Waals surface area contributed by atoms with E-state index in [1.807, 2.05) is 0 Å². The Morgan fingerprint density at radius 2 is 1.00 bits per heavy atom. The minimum atomic E-state index is -4.15. The van der Waals surface area contributed by atoms with Crippen molar-refractivity contribution in [2.24, 2.45) is 0 Å². The molecule has 0 rings (SSSR count). The van der Waals surface area contributed by atoms with Gasteiger partial charge in [-0.2, -0.15) is 0 Å². The van der Waals surface area contributed by atoms with Crippen molar-refractivity contribution >= 4 is 10.1 Å². The molecule has 0 aromatic heterocycles. The average molecular weight is 350 g/mol. The lowest BCUT2D eigenvalue weighted by Gasteiger charge is -2.39. The Balaban J connectivity index is 0. The van der Waals surface area contributed by atoms with E-state index in [1.54, 1.807) is 0 Å². The van der Waals surface area contributed by atoms with Crippen molar-refractivity contribution in [2.45, 2.75) is 79.1 Å². The Kier molecular flexibility index (Phi) is 16.4. The summed E-state index contributed by atoms with van der Waals surface area (Å²) in [5.74, 6) is 0. The van der Waals surface area contributed by atoms with Gasteiger partial charge in [0.2, 0.25) is 0 Å². The summed E-state index contributed by atoms with van der Waals surface area (Å²) in [5, 5.41) is 0.354. The smallest absolute Gasteiger partial charge is 0.116 e. The number of rotatable bonds is 13. The summed E-state index contributed by atoms with van der Waals surface area (Å²) in [6, 6.07) is 0. The fraction of sp³-hybridized carbons (Fsp3) is 0.889. The normalized spacial score (nSPS) is 11.7. The van der Waals surface area contributed by atoms with Gasteiger partial charge < -0.3 is 9.04 Å². The molecule has 0 bridgehead atoms. The van der Waals surface area contributed by atoms with E-state index in [9.17, 15) is 13.0 Å². The molecule has 0 atom stereocenters. The summed E-state index contributed by atoms with van der Waals surface area (Å²) >= 11 is 0. The second-order valence-electron chi connectivity index (χ2n) is 6.31. The Hall–Kier alpha value is -0.390. The summed E-state index contributed by atoms with van der Waals surface area (Å²) < 4.78 is 29.4. The van der Waals surface area contributed by atoms with Crippen molar-refractivity contribution in [1.29, 1.82) is 0 Å². The van der Waals surface area contributed by atoms with Gasteiger partial charge in [0.15, 0.2) is 0 Å². The fourth-order valence-corrected chi connectivity index (χ4v) is 2.64. The summed E-state index contributed by atoms with van der Waals surface area (Å²) in [6.45, 7) is 17.7. The van der Waals surface area contributed by atoms with Crippen molar-refractivity contribution in [3.05, 3.63) is 12.0 Å². The molecule has 0 aliphatic rings. The summed E-state index contributed by atoms with van der Waals surface area (Å²) in [5.41, 5.74) is 0. The lowest BCUT2D eigenvalue weighted by molar-refractivity contribution is -0.929. The zero-order valence-electron chi connectivity index (χ0n) is 15.8. The standard InChI is InChI=1S/C16H36N.C2H4O3S/c1-5-9-13-17(14-10-6-2,15-11-7-3)16-12-8-4;1-2-6(3,4)5/h5-16H2,1-4H3;2H,1H2,(H,3,4,5)/q+1;/p-1. The van der Waals surface area contributed by atoms with Gasteiger partial charge in [0.05, 0.1) is 26.2 Å². The minimum Gasteiger partial charge on any atom is -0.745 e. The Morgan fingerprint density at radius 1 is 0.783 bits per heavy atom. The Bertz CT molecular complexity index is 317. The molecule has 0 aromatic carbocycles. The highest BCUT2D eigenvalue weighted by atomic mass is 32.2. The summed E-state index contributed by atoms with van der Waals surface area (Å²) in [6.07, 6.45) is 11.1. The molecule has 0 unspecified atom stereocenters. The van der Waals surface area contributed by atoms with Crippen LogP contribution in [0.15, 0.2) is 12.0 Å². The van der Waals surface area contributed by atoms with Crippen LogP contribution in [0.4, 0.5) is 0 Å². The second-order valence-corrected chi connectivity index (χ2v) is 7.63. The summed E-state index contributed by atoms with van der Waals surface area (Å²) in [4.78, 5) is 0. The molecule has 0 saturated heterocycles. The van der Waals surface area contributed by atoms with E-state index in [2.05, 4.69) is 34.3 Å². The van der Waals surface area contributed by atoms with Crippen molar-refractivity contribution in [3.63, 3.8) is 0 Å². The highest BCUT2D eigenvalue weighted by Gasteiger charge is 2.24. The Labute approximate surface area is 145 Å². The quantitative estimate of drug-likeness (QED) is 0.358. The molecule has 0 N–H and O–H groups in total. The highest BCUT2D eigenvalue weighted by molar-refractivity contribution is 7.88. The molecule has 0 fully saturated rings. The predicted octanol–water partition coefficient (Wildman–Crippen LogP) is 4.68. The van der Waals surface area contributed by atoms with Crippen LogP contribution in [0.2, 0.25) is 0 Å². The minimum absolute atomic E-state index is 0.354. The third-order valence-corrected chi connectivity index (χ3v) is 4.56. The van der Waals surface area contributed by atoms with Crippen LogP contribution >= 0.6 is 0 Å². The zero-order chi connectivity index (χ0) is 18.2. The van der Waals surface area contributed by atoms with E-state index >= 15 is 0 Å². The van der Waals surface area contributed by atoms with Gasteiger partial charge in [-0.05, 0) is 25.7 Å². The molecular formula is C18H39NO3S. The van der Waals surface area contributed by atoms with Crippen LogP contribution < -0.4 is 0 Å². The third-order valence-electron chi connectivity index (χ3n) is 4.15. The topological polar surface area (TPSA) is 57.2 Å². The maximum absolute atomic E-state index is 9.33. The van der Waals surface area contributed by atoms with Crippen LogP contribution in [0.5, 0.6) is 0 Å². The lowest BCUT2D eigenvalue weighted by atomic mass is 10.1. The van der Waals surface area contributed by atoms with Crippen LogP contribution in [0.25, 0.3) is 0 Å². The second kappa shape index (κ2) is 15.2. The number of quaternary nitrogens is 1. The number of nitrogens with zero attached hydrogens (tertiary/aromatic N) is 1. The number of unbranched alkanes of at least 4 members (excludes halogenated alkanes) is 4. The first-order valence-electron chi connectivity index (χ1n) is 9.24. The summed E-state index contributed by atoms with van der Waals surface area (Å²) in [7, 11) is -4.15. The van der Waals surface area contributed by atoms with E-state index in [4.69, 9.17) is 0 Å². The van der Waals surface area contributed by atoms with E-state index in [-0.39, 0.29) is 0 Å². The molecule has 0 heterocycles. The van der Waals surface area contributed by atoms with Crippen molar-refractivity contribution < 1.29 is 17.5 Å². The van der Waals surface area contributed by atoms with Gasteiger partial charge in [-0.1, -0.05) is 60.0 Å². The molecule has 23 heavy (non-hydrogen) atoms. The van der Waals surface area contributed by atoms with E-state index in [0.29, 0.717) is 5.41 Å². The molecule has 0 aliphatic carbocycles. The van der Waals surface area contributed by atoms with E-state index in [0.717, 1.165) is 0 Å². The van der Waals surface area contributed by atoms with Crippen LogP contribution in [0.1, 0.15) is 79.1 Å². The van der Waals surface area contributed by atoms with Gasteiger partial charge in [-0.3, -0.25) is 0 Å². The molecule has 0 aliphatic heterocycles. The van der Waals surface area contributed by atoms with Crippen molar-refractivity contribution in [3.8, 4) is 0 Å². The molecule has 5 heteroatoms. The van der Waals surface area contributed by atoms with Gasteiger partial charge in [-0.15, -0.1) is 0 Å². The van der Waals surface area contributed by atoms with Crippen molar-refractivity contribution in [1.82, 2.24) is 0 Å². The first kappa shape index (κ1) is 24.9. The van der Waals surface area contributed by atoms with Gasteiger partial charge in [-0.25, -0.2) is 8.42 Å². The van der Waals surface area contributed by atoms with Crippen LogP contribution in [-0.4, -0.2) is 43.6 Å². The van der Waals surface area contributed by atoms with Gasteiger partial charge in [0.1, 0.15) is 10.1 Å². The fourth-order valence-electron chi connectivity index (χ4n) is 2.64. The van der Waals surface area contributed by atoms with Crippen LogP contribution in [-0.2, 0) is 10.1 Å². The molecule has 0 spiro atoms. The molecular weight excluding hydrogens is 310 g/mol. The first-order valence-corrected chi connectivity index (χ1v) is 10.7. The molecule has 140 valence electrons. The molecule has 0 saturated carbocycles. The number of hydrogen-bond acceptors (Lipinski definition) is 3. The Morgan fingerprint density at radius 3 is 1.13 bits per heavy atom. The molecule has 0 aromatic rings. The first-order chi connectivity index (χ1) is 10.8. The maximum atomic E-state index is 9.33. The highest BCUT2D eigenvalue weighted by Crippen LogP contribution is 2.16. The van der Waals surface area contributed by atoms with Crippen molar-refractivity contribution in [2.75, 3.05) is 26.2 Å². The number of hydrogen-bond donors (Lipinski definition) is 0. The largest absolute Gasteiger partial charge is 0.745 e. The van der Waals surface area contributed by atoms with E-state index in [1.165, 1.54) is 82.0 Å². The average Bonchev–Trinajstić information content (AvgIpc) is 2.53. The monoisotopic (exact) mass is 349 g/mol. The molecule has 4 nitrogen and oxygen atoms in total.